The van der Waals surface area contributed by atoms with Gasteiger partial charge in [-0.2, -0.15) is 0 Å². The van der Waals surface area contributed by atoms with E-state index in [1.54, 1.807) is 6.08 Å². The molecule has 0 spiro atoms. The lowest BCUT2D eigenvalue weighted by molar-refractivity contribution is -0.131. The number of benzene rings is 1. The molecule has 0 atom stereocenters. The number of aliphatic carboxylic acids is 1. The predicted octanol–water partition coefficient (Wildman–Crippen LogP) is 1.98. The Morgan fingerprint density at radius 1 is 1.43 bits per heavy atom. The van der Waals surface area contributed by atoms with E-state index in [1.165, 1.54) is 0 Å². The summed E-state index contributed by atoms with van der Waals surface area (Å²) in [6, 6.07) is 3.78. The number of carbonyl (C=O) groups is 1. The van der Waals surface area contributed by atoms with Gasteiger partial charge in [0, 0.05) is 11.8 Å². The summed E-state index contributed by atoms with van der Waals surface area (Å²) in [4.78, 5) is 10.3. The Hall–Kier alpha value is -1.77. The van der Waals surface area contributed by atoms with Crippen LogP contribution in [0.25, 0.3) is 6.08 Å². The Morgan fingerprint density at radius 3 is 2.64 bits per heavy atom. The Bertz CT molecular complexity index is 395. The summed E-state index contributed by atoms with van der Waals surface area (Å²) in [5.41, 5.74) is 9.22. The number of rotatable bonds is 2. The molecule has 1 rings (SSSR count). The van der Waals surface area contributed by atoms with E-state index >= 15 is 0 Å². The van der Waals surface area contributed by atoms with E-state index in [2.05, 4.69) is 0 Å². The smallest absolute Gasteiger partial charge is 0.328 e. The third kappa shape index (κ3) is 2.36. The van der Waals surface area contributed by atoms with Gasteiger partial charge >= 0.3 is 5.97 Å². The average molecular weight is 191 g/mol. The molecule has 0 aliphatic heterocycles. The first-order valence-corrected chi connectivity index (χ1v) is 4.28. The first-order chi connectivity index (χ1) is 6.50. The number of hydrogen-bond acceptors (Lipinski definition) is 2. The van der Waals surface area contributed by atoms with Crippen LogP contribution in [0.2, 0.25) is 0 Å². The number of anilines is 1. The second kappa shape index (κ2) is 3.96. The molecular formula is C11H13NO2. The first kappa shape index (κ1) is 10.3. The normalized spacial score (nSPS) is 10.7. The van der Waals surface area contributed by atoms with Crippen LogP contribution in [-0.4, -0.2) is 11.1 Å². The molecule has 14 heavy (non-hydrogen) atoms. The van der Waals surface area contributed by atoms with Crippen molar-refractivity contribution in [2.45, 2.75) is 13.8 Å². The molecule has 3 heteroatoms. The molecule has 0 fully saturated rings. The molecule has 0 amide bonds. The molecule has 0 aliphatic rings. The molecule has 1 aromatic rings. The van der Waals surface area contributed by atoms with Crippen molar-refractivity contribution in [2.24, 2.45) is 0 Å². The van der Waals surface area contributed by atoms with Gasteiger partial charge in [0.15, 0.2) is 0 Å². The highest BCUT2D eigenvalue weighted by molar-refractivity contribution is 5.86. The average Bonchev–Trinajstić information content (AvgIpc) is 2.08. The first-order valence-electron chi connectivity index (χ1n) is 4.28. The van der Waals surface area contributed by atoms with Gasteiger partial charge in [-0.1, -0.05) is 6.07 Å². The Balaban J connectivity index is 3.14. The van der Waals surface area contributed by atoms with Crippen molar-refractivity contribution in [3.8, 4) is 0 Å². The van der Waals surface area contributed by atoms with E-state index in [1.807, 2.05) is 26.0 Å². The molecule has 3 N–H and O–H groups in total. The third-order valence-electron chi connectivity index (χ3n) is 2.04. The topological polar surface area (TPSA) is 63.3 Å². The highest BCUT2D eigenvalue weighted by atomic mass is 16.4. The zero-order valence-corrected chi connectivity index (χ0v) is 8.24. The lowest BCUT2D eigenvalue weighted by Crippen LogP contribution is -1.94. The highest BCUT2D eigenvalue weighted by Gasteiger charge is 2.00. The standard InChI is InChI=1S/C11H13NO2/c1-7-5-9(3-4-11(13)14)8(2)10(12)6-7/h3-6H,12H2,1-2H3,(H,13,14)/b4-3+. The summed E-state index contributed by atoms with van der Waals surface area (Å²) in [5.74, 6) is -0.954. The fourth-order valence-corrected chi connectivity index (χ4v) is 1.25. The van der Waals surface area contributed by atoms with Gasteiger partial charge in [0.25, 0.3) is 0 Å². The Morgan fingerprint density at radius 2 is 2.07 bits per heavy atom. The van der Waals surface area contributed by atoms with Crippen LogP contribution in [0.15, 0.2) is 18.2 Å². The molecule has 1 aromatic carbocycles. The van der Waals surface area contributed by atoms with Crippen molar-refractivity contribution in [3.05, 3.63) is 34.9 Å². The maximum atomic E-state index is 10.3. The molecular weight excluding hydrogens is 178 g/mol. The molecule has 0 radical (unpaired) electrons. The summed E-state index contributed by atoms with van der Waals surface area (Å²) >= 11 is 0. The number of carboxylic acid groups (broad SMARTS) is 1. The third-order valence-corrected chi connectivity index (χ3v) is 2.04. The molecule has 0 aromatic heterocycles. The van der Waals surface area contributed by atoms with Crippen LogP contribution in [0.3, 0.4) is 0 Å². The number of nitrogen functional groups attached to an aromatic ring is 1. The van der Waals surface area contributed by atoms with Gasteiger partial charge in [0.2, 0.25) is 0 Å². The lowest BCUT2D eigenvalue weighted by Gasteiger charge is -2.05. The van der Waals surface area contributed by atoms with Gasteiger partial charge in [-0.15, -0.1) is 0 Å². The van der Waals surface area contributed by atoms with Crippen molar-refractivity contribution in [1.82, 2.24) is 0 Å². The summed E-state index contributed by atoms with van der Waals surface area (Å²) in [7, 11) is 0. The summed E-state index contributed by atoms with van der Waals surface area (Å²) in [6.07, 6.45) is 2.67. The second-order valence-electron chi connectivity index (χ2n) is 3.24. The van der Waals surface area contributed by atoms with E-state index in [9.17, 15) is 4.79 Å². The van der Waals surface area contributed by atoms with Crippen LogP contribution in [-0.2, 0) is 4.79 Å². The van der Waals surface area contributed by atoms with Crippen LogP contribution < -0.4 is 5.73 Å². The van der Waals surface area contributed by atoms with Crippen molar-refractivity contribution < 1.29 is 9.90 Å². The fraction of sp³-hybridized carbons (Fsp3) is 0.182. The minimum Gasteiger partial charge on any atom is -0.478 e. The van der Waals surface area contributed by atoms with Gasteiger partial charge in [-0.05, 0) is 42.7 Å². The molecule has 0 aliphatic carbocycles. The van der Waals surface area contributed by atoms with Gasteiger partial charge in [-0.3, -0.25) is 0 Å². The van der Waals surface area contributed by atoms with Crippen LogP contribution >= 0.6 is 0 Å². The molecule has 0 saturated carbocycles. The lowest BCUT2D eigenvalue weighted by atomic mass is 10.0. The largest absolute Gasteiger partial charge is 0.478 e. The van der Waals surface area contributed by atoms with Gasteiger partial charge < -0.3 is 10.8 Å². The molecule has 0 heterocycles. The molecule has 0 bridgehead atoms. The Labute approximate surface area is 82.9 Å². The molecule has 0 saturated heterocycles. The minimum atomic E-state index is -0.954. The van der Waals surface area contributed by atoms with Crippen molar-refractivity contribution in [3.63, 3.8) is 0 Å². The van der Waals surface area contributed by atoms with Crippen molar-refractivity contribution in [2.75, 3.05) is 5.73 Å². The van der Waals surface area contributed by atoms with Crippen LogP contribution in [0.4, 0.5) is 5.69 Å². The van der Waals surface area contributed by atoms with Crippen LogP contribution in [0, 0.1) is 13.8 Å². The highest BCUT2D eigenvalue weighted by Crippen LogP contribution is 2.19. The maximum absolute atomic E-state index is 10.3. The maximum Gasteiger partial charge on any atom is 0.328 e. The van der Waals surface area contributed by atoms with Crippen LogP contribution in [0.5, 0.6) is 0 Å². The summed E-state index contributed by atoms with van der Waals surface area (Å²) in [6.45, 7) is 3.80. The quantitative estimate of drug-likeness (QED) is 0.555. The SMILES string of the molecule is Cc1cc(N)c(C)c(/C=C/C(=O)O)c1. The minimum absolute atomic E-state index is 0.690. The fourth-order valence-electron chi connectivity index (χ4n) is 1.25. The van der Waals surface area contributed by atoms with Gasteiger partial charge in [0.1, 0.15) is 0 Å². The number of hydrogen-bond donors (Lipinski definition) is 2. The van der Waals surface area contributed by atoms with E-state index in [0.717, 1.165) is 22.8 Å². The number of carboxylic acids is 1. The van der Waals surface area contributed by atoms with Crippen molar-refractivity contribution in [1.29, 1.82) is 0 Å². The summed E-state index contributed by atoms with van der Waals surface area (Å²) < 4.78 is 0. The van der Waals surface area contributed by atoms with E-state index < -0.39 is 5.97 Å². The van der Waals surface area contributed by atoms with Gasteiger partial charge in [-0.25, -0.2) is 4.79 Å². The molecule has 3 nitrogen and oxygen atoms in total. The molecule has 0 unspecified atom stereocenters. The van der Waals surface area contributed by atoms with E-state index in [-0.39, 0.29) is 0 Å². The summed E-state index contributed by atoms with van der Waals surface area (Å²) in [5, 5.41) is 8.49. The predicted molar refractivity (Wildman–Crippen MR) is 57.0 cm³/mol. The second-order valence-corrected chi connectivity index (χ2v) is 3.24. The zero-order valence-electron chi connectivity index (χ0n) is 8.24. The van der Waals surface area contributed by atoms with Crippen LogP contribution in [0.1, 0.15) is 16.7 Å². The zero-order chi connectivity index (χ0) is 10.7. The van der Waals surface area contributed by atoms with Crippen molar-refractivity contribution >= 4 is 17.7 Å². The van der Waals surface area contributed by atoms with E-state index in [0.29, 0.717) is 5.69 Å². The number of aryl methyl sites for hydroxylation is 1. The molecule has 74 valence electrons. The van der Waals surface area contributed by atoms with Gasteiger partial charge in [0.05, 0.1) is 0 Å². The monoisotopic (exact) mass is 191 g/mol. The Kier molecular flexibility index (Phi) is 2.92. The van der Waals surface area contributed by atoms with E-state index in [4.69, 9.17) is 10.8 Å². The number of nitrogens with two attached hydrogens (primary N) is 1.